The Labute approximate surface area is 106 Å². The van der Waals surface area contributed by atoms with Gasteiger partial charge in [0.15, 0.2) is 0 Å². The van der Waals surface area contributed by atoms with Crippen LogP contribution in [0.3, 0.4) is 0 Å². The molecule has 0 aliphatic heterocycles. The lowest BCUT2D eigenvalue weighted by Gasteiger charge is -2.16. The molecule has 0 heterocycles. The number of nitriles is 1. The lowest BCUT2D eigenvalue weighted by Crippen LogP contribution is -2.30. The van der Waals surface area contributed by atoms with E-state index in [1.54, 1.807) is 23.9 Å². The first-order valence-corrected chi connectivity index (χ1v) is 7.02. The summed E-state index contributed by atoms with van der Waals surface area (Å²) in [7, 11) is 0. The van der Waals surface area contributed by atoms with Gasteiger partial charge in [0.25, 0.3) is 0 Å². The predicted molar refractivity (Wildman–Crippen MR) is 70.4 cm³/mol. The Morgan fingerprint density at radius 1 is 1.53 bits per heavy atom. The SMILES string of the molecule is CCC(CSC)NCc1cccc(C#N)c1F. The molecular weight excluding hydrogens is 235 g/mol. The largest absolute Gasteiger partial charge is 0.309 e. The second-order valence-corrected chi connectivity index (χ2v) is 4.74. The molecule has 0 aliphatic carbocycles. The minimum absolute atomic E-state index is 0.113. The van der Waals surface area contributed by atoms with Crippen molar-refractivity contribution in [1.82, 2.24) is 5.32 Å². The number of thioether (sulfide) groups is 1. The Kier molecular flexibility index (Phi) is 6.03. The molecular formula is C13H17FN2S. The van der Waals surface area contributed by atoms with E-state index in [1.807, 2.05) is 6.07 Å². The van der Waals surface area contributed by atoms with Crippen LogP contribution >= 0.6 is 11.8 Å². The van der Waals surface area contributed by atoms with E-state index < -0.39 is 5.82 Å². The molecule has 1 aromatic carbocycles. The molecule has 92 valence electrons. The number of hydrogen-bond acceptors (Lipinski definition) is 3. The molecule has 17 heavy (non-hydrogen) atoms. The fourth-order valence-electron chi connectivity index (χ4n) is 1.58. The lowest BCUT2D eigenvalue weighted by atomic mass is 10.1. The summed E-state index contributed by atoms with van der Waals surface area (Å²) in [5.74, 6) is 0.609. The van der Waals surface area contributed by atoms with Gasteiger partial charge in [-0.15, -0.1) is 0 Å². The van der Waals surface area contributed by atoms with Crippen LogP contribution in [0.1, 0.15) is 24.5 Å². The van der Waals surface area contributed by atoms with Crippen LogP contribution in [-0.4, -0.2) is 18.1 Å². The summed E-state index contributed by atoms with van der Waals surface area (Å²) in [5.41, 5.74) is 0.672. The summed E-state index contributed by atoms with van der Waals surface area (Å²) in [5, 5.41) is 12.0. The second-order valence-electron chi connectivity index (χ2n) is 3.83. The van der Waals surface area contributed by atoms with Gasteiger partial charge in [-0.25, -0.2) is 4.39 Å². The quantitative estimate of drug-likeness (QED) is 0.845. The van der Waals surface area contributed by atoms with E-state index in [1.165, 1.54) is 6.07 Å². The number of rotatable bonds is 6. The van der Waals surface area contributed by atoms with Gasteiger partial charge in [-0.1, -0.05) is 19.1 Å². The van der Waals surface area contributed by atoms with Crippen molar-refractivity contribution in [3.05, 3.63) is 35.1 Å². The summed E-state index contributed by atoms with van der Waals surface area (Å²) in [6.07, 6.45) is 3.07. The van der Waals surface area contributed by atoms with Crippen molar-refractivity contribution in [3.8, 4) is 6.07 Å². The molecule has 0 radical (unpaired) electrons. The molecule has 2 nitrogen and oxygen atoms in total. The lowest BCUT2D eigenvalue weighted by molar-refractivity contribution is 0.521. The topological polar surface area (TPSA) is 35.8 Å². The maximum absolute atomic E-state index is 13.7. The molecule has 0 aliphatic rings. The fraction of sp³-hybridized carbons (Fsp3) is 0.462. The van der Waals surface area contributed by atoms with Crippen LogP contribution in [-0.2, 0) is 6.54 Å². The average molecular weight is 252 g/mol. The first-order chi connectivity index (χ1) is 8.22. The van der Waals surface area contributed by atoms with Crippen molar-refractivity contribution in [3.63, 3.8) is 0 Å². The molecule has 0 bridgehead atoms. The Hall–Kier alpha value is -1.05. The van der Waals surface area contributed by atoms with Gasteiger partial charge in [-0.2, -0.15) is 17.0 Å². The summed E-state index contributed by atoms with van der Waals surface area (Å²) in [4.78, 5) is 0. The van der Waals surface area contributed by atoms with Gasteiger partial charge in [-0.05, 0) is 18.7 Å². The Balaban J connectivity index is 2.66. The van der Waals surface area contributed by atoms with E-state index in [9.17, 15) is 4.39 Å². The molecule has 0 aromatic heterocycles. The van der Waals surface area contributed by atoms with Crippen molar-refractivity contribution in [2.24, 2.45) is 0 Å². The minimum atomic E-state index is -0.401. The van der Waals surface area contributed by atoms with Crippen LogP contribution in [0.5, 0.6) is 0 Å². The number of benzene rings is 1. The van der Waals surface area contributed by atoms with Crippen LogP contribution in [0.4, 0.5) is 4.39 Å². The van der Waals surface area contributed by atoms with E-state index in [0.29, 0.717) is 18.2 Å². The second kappa shape index (κ2) is 7.31. The summed E-state index contributed by atoms with van der Waals surface area (Å²) in [6.45, 7) is 2.58. The molecule has 0 fully saturated rings. The van der Waals surface area contributed by atoms with Crippen LogP contribution in [0, 0.1) is 17.1 Å². The highest BCUT2D eigenvalue weighted by Gasteiger charge is 2.09. The molecule has 1 rings (SSSR count). The zero-order valence-electron chi connectivity index (χ0n) is 10.2. The van der Waals surface area contributed by atoms with Crippen LogP contribution in [0.15, 0.2) is 18.2 Å². The first-order valence-electron chi connectivity index (χ1n) is 5.62. The molecule has 0 spiro atoms. The number of nitrogens with zero attached hydrogens (tertiary/aromatic N) is 1. The summed E-state index contributed by atoms with van der Waals surface area (Å²) < 4.78 is 13.7. The van der Waals surface area contributed by atoms with Gasteiger partial charge in [0.1, 0.15) is 11.9 Å². The van der Waals surface area contributed by atoms with Crippen molar-refractivity contribution >= 4 is 11.8 Å². The highest BCUT2D eigenvalue weighted by Crippen LogP contribution is 2.12. The Morgan fingerprint density at radius 3 is 2.88 bits per heavy atom. The third-order valence-electron chi connectivity index (χ3n) is 2.64. The van der Waals surface area contributed by atoms with Crippen molar-refractivity contribution in [2.45, 2.75) is 25.9 Å². The monoisotopic (exact) mass is 252 g/mol. The Bertz CT molecular complexity index is 401. The van der Waals surface area contributed by atoms with Gasteiger partial charge in [-0.3, -0.25) is 0 Å². The summed E-state index contributed by atoms with van der Waals surface area (Å²) in [6, 6.07) is 7.17. The van der Waals surface area contributed by atoms with E-state index in [0.717, 1.165) is 12.2 Å². The molecule has 1 N–H and O–H groups in total. The molecule has 0 amide bonds. The van der Waals surface area contributed by atoms with Crippen LogP contribution in [0.2, 0.25) is 0 Å². The minimum Gasteiger partial charge on any atom is -0.309 e. The van der Waals surface area contributed by atoms with E-state index in [2.05, 4.69) is 18.5 Å². The molecule has 4 heteroatoms. The summed E-state index contributed by atoms with van der Waals surface area (Å²) >= 11 is 1.77. The first kappa shape index (κ1) is 14.0. The smallest absolute Gasteiger partial charge is 0.145 e. The zero-order valence-corrected chi connectivity index (χ0v) is 11.0. The third kappa shape index (κ3) is 4.03. The Morgan fingerprint density at radius 2 is 2.29 bits per heavy atom. The zero-order chi connectivity index (χ0) is 12.7. The molecule has 1 atom stereocenters. The predicted octanol–water partition coefficient (Wildman–Crippen LogP) is 2.93. The molecule has 1 unspecified atom stereocenters. The van der Waals surface area contributed by atoms with E-state index >= 15 is 0 Å². The van der Waals surface area contributed by atoms with Gasteiger partial charge in [0.05, 0.1) is 5.56 Å². The van der Waals surface area contributed by atoms with Crippen LogP contribution < -0.4 is 5.32 Å². The molecule has 0 saturated heterocycles. The van der Waals surface area contributed by atoms with Crippen molar-refractivity contribution < 1.29 is 4.39 Å². The maximum Gasteiger partial charge on any atom is 0.145 e. The van der Waals surface area contributed by atoms with E-state index in [4.69, 9.17) is 5.26 Å². The van der Waals surface area contributed by atoms with Gasteiger partial charge in [0.2, 0.25) is 0 Å². The number of nitrogens with one attached hydrogen (secondary N) is 1. The molecule has 0 saturated carbocycles. The normalized spacial score (nSPS) is 12.1. The van der Waals surface area contributed by atoms with Crippen LogP contribution in [0.25, 0.3) is 0 Å². The number of halogens is 1. The average Bonchev–Trinajstić information content (AvgIpc) is 2.36. The highest BCUT2D eigenvalue weighted by molar-refractivity contribution is 7.98. The van der Waals surface area contributed by atoms with E-state index in [-0.39, 0.29) is 5.56 Å². The van der Waals surface area contributed by atoms with Gasteiger partial charge >= 0.3 is 0 Å². The van der Waals surface area contributed by atoms with Gasteiger partial charge < -0.3 is 5.32 Å². The standard InChI is InChI=1S/C13H17FN2S/c1-3-12(9-17-2)16-8-11-6-4-5-10(7-15)13(11)14/h4-6,12,16H,3,8-9H2,1-2H3. The maximum atomic E-state index is 13.7. The van der Waals surface area contributed by atoms with Gasteiger partial charge in [0, 0.05) is 23.9 Å². The van der Waals surface area contributed by atoms with Crippen molar-refractivity contribution in [2.75, 3.05) is 12.0 Å². The fourth-order valence-corrected chi connectivity index (χ4v) is 2.34. The molecule has 1 aromatic rings. The van der Waals surface area contributed by atoms with Crippen molar-refractivity contribution in [1.29, 1.82) is 5.26 Å². The highest BCUT2D eigenvalue weighted by atomic mass is 32.2. The third-order valence-corrected chi connectivity index (χ3v) is 3.38. The number of hydrogen-bond donors (Lipinski definition) is 1.